The van der Waals surface area contributed by atoms with Gasteiger partial charge in [0, 0.05) is 18.2 Å². The van der Waals surface area contributed by atoms with Crippen LogP contribution in [0.25, 0.3) is 5.69 Å². The molecule has 27 heavy (non-hydrogen) atoms. The van der Waals surface area contributed by atoms with Crippen molar-refractivity contribution >= 4 is 23.3 Å². The van der Waals surface area contributed by atoms with Gasteiger partial charge >= 0.3 is 0 Å². The van der Waals surface area contributed by atoms with Gasteiger partial charge in [0.15, 0.2) is 5.69 Å². The molecule has 0 aliphatic carbocycles. The summed E-state index contributed by atoms with van der Waals surface area (Å²) in [6.07, 6.45) is 0.337. The van der Waals surface area contributed by atoms with E-state index in [-0.39, 0.29) is 17.5 Å². The van der Waals surface area contributed by atoms with Crippen molar-refractivity contribution in [2.45, 2.75) is 27.2 Å². The highest BCUT2D eigenvalue weighted by Gasteiger charge is 2.17. The molecule has 138 valence electrons. The van der Waals surface area contributed by atoms with E-state index in [1.54, 1.807) is 17.7 Å². The molecule has 0 spiro atoms. The fraction of sp³-hybridized carbons (Fsp3) is 0.190. The molecule has 0 aliphatic rings. The molecular weight excluding hydrogens is 340 g/mol. The molecular formula is C21H22N4O2. The molecule has 0 atom stereocenters. The van der Waals surface area contributed by atoms with Crippen molar-refractivity contribution < 1.29 is 9.59 Å². The number of rotatable bonds is 5. The lowest BCUT2D eigenvalue weighted by molar-refractivity contribution is -0.115. The van der Waals surface area contributed by atoms with E-state index in [1.165, 1.54) is 0 Å². The van der Waals surface area contributed by atoms with Crippen molar-refractivity contribution in [1.82, 2.24) is 9.78 Å². The summed E-state index contributed by atoms with van der Waals surface area (Å²) in [5, 5.41) is 10.1. The predicted octanol–water partition coefficient (Wildman–Crippen LogP) is 4.09. The number of hydrogen-bond acceptors (Lipinski definition) is 3. The second-order valence-corrected chi connectivity index (χ2v) is 6.39. The van der Waals surface area contributed by atoms with Gasteiger partial charge in [0.2, 0.25) is 5.91 Å². The van der Waals surface area contributed by atoms with Crippen LogP contribution in [0.3, 0.4) is 0 Å². The Labute approximate surface area is 158 Å². The largest absolute Gasteiger partial charge is 0.321 e. The molecule has 0 unspecified atom stereocenters. The maximum absolute atomic E-state index is 12.7. The van der Waals surface area contributed by atoms with Crippen molar-refractivity contribution in [2.24, 2.45) is 0 Å². The van der Waals surface area contributed by atoms with Crippen LogP contribution in [-0.4, -0.2) is 21.6 Å². The maximum Gasteiger partial charge on any atom is 0.276 e. The molecule has 2 N–H and O–H groups in total. The number of hydrogen-bond donors (Lipinski definition) is 2. The molecule has 0 radical (unpaired) electrons. The Morgan fingerprint density at radius 2 is 1.63 bits per heavy atom. The summed E-state index contributed by atoms with van der Waals surface area (Å²) in [5.74, 6) is -0.0198. The van der Waals surface area contributed by atoms with Crippen molar-refractivity contribution in [2.75, 3.05) is 10.6 Å². The lowest BCUT2D eigenvalue weighted by atomic mass is 10.1. The normalized spacial score (nSPS) is 10.5. The summed E-state index contributed by atoms with van der Waals surface area (Å²) in [5.41, 5.74) is 3.83. The smallest absolute Gasteiger partial charge is 0.276 e. The number of carbonyl (C=O) groups excluding carboxylic acids is 2. The Kier molecular flexibility index (Phi) is 5.35. The molecule has 6 nitrogen and oxygen atoms in total. The quantitative estimate of drug-likeness (QED) is 0.718. The van der Waals surface area contributed by atoms with Crippen LogP contribution in [0.2, 0.25) is 0 Å². The maximum atomic E-state index is 12.7. The molecule has 0 bridgehead atoms. The summed E-state index contributed by atoms with van der Waals surface area (Å²) >= 11 is 0. The van der Waals surface area contributed by atoms with Gasteiger partial charge in [-0.15, -0.1) is 0 Å². The number of carbonyl (C=O) groups is 2. The van der Waals surface area contributed by atoms with E-state index in [0.29, 0.717) is 17.9 Å². The van der Waals surface area contributed by atoms with Gasteiger partial charge in [-0.25, -0.2) is 4.68 Å². The first-order valence-corrected chi connectivity index (χ1v) is 8.81. The third-order valence-corrected chi connectivity index (χ3v) is 4.01. The van der Waals surface area contributed by atoms with Crippen LogP contribution in [0.4, 0.5) is 11.5 Å². The molecule has 3 aromatic rings. The number of nitrogens with one attached hydrogen (secondary N) is 2. The van der Waals surface area contributed by atoms with Gasteiger partial charge in [0.05, 0.1) is 5.69 Å². The fourth-order valence-corrected chi connectivity index (χ4v) is 2.82. The van der Waals surface area contributed by atoms with Crippen molar-refractivity contribution in [3.8, 4) is 5.69 Å². The second-order valence-electron chi connectivity index (χ2n) is 6.39. The van der Waals surface area contributed by atoms with Gasteiger partial charge in [0.25, 0.3) is 5.91 Å². The molecule has 0 fully saturated rings. The molecule has 2 amide bonds. The van der Waals surface area contributed by atoms with E-state index in [0.717, 1.165) is 16.8 Å². The minimum absolute atomic E-state index is 0.145. The van der Waals surface area contributed by atoms with Gasteiger partial charge in [-0.05, 0) is 49.2 Å². The number of aromatic nitrogens is 2. The Bertz CT molecular complexity index is 957. The minimum atomic E-state index is -0.332. The standard InChI is InChI=1S/C21H22N4O2/c1-4-20(26)23-19-13-18(24-25(19)17-8-6-5-7-9-17)21(27)22-16-11-14(2)10-15(3)12-16/h5-13H,4H2,1-3H3,(H,22,27)(H,23,26). The highest BCUT2D eigenvalue weighted by molar-refractivity contribution is 6.04. The number of nitrogens with zero attached hydrogens (tertiary/aromatic N) is 2. The van der Waals surface area contributed by atoms with Crippen molar-refractivity contribution in [1.29, 1.82) is 0 Å². The summed E-state index contributed by atoms with van der Waals surface area (Å²) < 4.78 is 1.56. The van der Waals surface area contributed by atoms with E-state index in [1.807, 2.05) is 62.4 Å². The summed E-state index contributed by atoms with van der Waals surface area (Å²) in [6, 6.07) is 16.8. The first kappa shape index (κ1) is 18.4. The van der Waals surface area contributed by atoms with Gasteiger partial charge in [-0.1, -0.05) is 31.2 Å². The molecule has 2 aromatic carbocycles. The van der Waals surface area contributed by atoms with Gasteiger partial charge in [0.1, 0.15) is 5.82 Å². The van der Waals surface area contributed by atoms with Crippen LogP contribution in [0.15, 0.2) is 54.6 Å². The average Bonchev–Trinajstić information content (AvgIpc) is 3.05. The van der Waals surface area contributed by atoms with Crippen molar-refractivity contribution in [3.63, 3.8) is 0 Å². The summed E-state index contributed by atoms with van der Waals surface area (Å²) in [6.45, 7) is 5.72. The Morgan fingerprint density at radius 1 is 0.963 bits per heavy atom. The molecule has 6 heteroatoms. The lowest BCUT2D eigenvalue weighted by Crippen LogP contribution is -2.14. The van der Waals surface area contributed by atoms with Crippen molar-refractivity contribution in [3.05, 3.63) is 71.4 Å². The lowest BCUT2D eigenvalue weighted by Gasteiger charge is -2.07. The first-order valence-electron chi connectivity index (χ1n) is 8.81. The Balaban J connectivity index is 1.93. The zero-order valence-electron chi connectivity index (χ0n) is 15.6. The molecule has 0 saturated heterocycles. The van der Waals surface area contributed by atoms with E-state index >= 15 is 0 Å². The summed E-state index contributed by atoms with van der Waals surface area (Å²) in [4.78, 5) is 24.5. The Morgan fingerprint density at radius 3 is 2.26 bits per heavy atom. The highest BCUT2D eigenvalue weighted by atomic mass is 16.2. The molecule has 0 saturated carbocycles. The number of anilines is 2. The van der Waals surface area contributed by atoms with Crippen LogP contribution >= 0.6 is 0 Å². The van der Waals surface area contributed by atoms with Crippen LogP contribution in [0.1, 0.15) is 35.0 Å². The van der Waals surface area contributed by atoms with Crippen LogP contribution < -0.4 is 10.6 Å². The Hall–Kier alpha value is -3.41. The second kappa shape index (κ2) is 7.86. The zero-order valence-corrected chi connectivity index (χ0v) is 15.6. The highest BCUT2D eigenvalue weighted by Crippen LogP contribution is 2.20. The average molecular weight is 362 g/mol. The van der Waals surface area contributed by atoms with Gasteiger partial charge < -0.3 is 10.6 Å². The zero-order chi connectivity index (χ0) is 19.4. The fourth-order valence-electron chi connectivity index (χ4n) is 2.82. The topological polar surface area (TPSA) is 76.0 Å². The molecule has 0 aliphatic heterocycles. The first-order chi connectivity index (χ1) is 13.0. The molecule has 1 heterocycles. The predicted molar refractivity (Wildman–Crippen MR) is 106 cm³/mol. The van der Waals surface area contributed by atoms with Crippen LogP contribution in [0, 0.1) is 13.8 Å². The van der Waals surface area contributed by atoms with E-state index < -0.39 is 0 Å². The molecule has 3 rings (SSSR count). The third kappa shape index (κ3) is 4.41. The molecule has 1 aromatic heterocycles. The third-order valence-electron chi connectivity index (χ3n) is 4.01. The van der Waals surface area contributed by atoms with Gasteiger partial charge in [-0.3, -0.25) is 9.59 Å². The monoisotopic (exact) mass is 362 g/mol. The number of amides is 2. The number of aryl methyl sites for hydroxylation is 2. The minimum Gasteiger partial charge on any atom is -0.321 e. The SMILES string of the molecule is CCC(=O)Nc1cc(C(=O)Nc2cc(C)cc(C)c2)nn1-c1ccccc1. The number of benzene rings is 2. The van der Waals surface area contributed by atoms with Crippen LogP contribution in [-0.2, 0) is 4.79 Å². The number of para-hydroxylation sites is 1. The summed E-state index contributed by atoms with van der Waals surface area (Å²) in [7, 11) is 0. The van der Waals surface area contributed by atoms with E-state index in [4.69, 9.17) is 0 Å². The van der Waals surface area contributed by atoms with Gasteiger partial charge in [-0.2, -0.15) is 5.10 Å². The van der Waals surface area contributed by atoms with E-state index in [9.17, 15) is 9.59 Å². The van der Waals surface area contributed by atoms with Crippen LogP contribution in [0.5, 0.6) is 0 Å². The van der Waals surface area contributed by atoms with E-state index in [2.05, 4.69) is 15.7 Å².